The van der Waals surface area contributed by atoms with Gasteiger partial charge in [-0.2, -0.15) is 0 Å². The fourth-order valence-corrected chi connectivity index (χ4v) is 7.67. The molecule has 2 aromatic heterocycles. The molecule has 2 amide bonds. The van der Waals surface area contributed by atoms with Crippen LogP contribution in [0.15, 0.2) is 46.0 Å². The molecule has 11 heteroatoms. The third-order valence-corrected chi connectivity index (χ3v) is 10.7. The summed E-state index contributed by atoms with van der Waals surface area (Å²) in [5.74, 6) is 0.107. The summed E-state index contributed by atoms with van der Waals surface area (Å²) in [6, 6.07) is 12.2. The number of rotatable bonds is 9. The van der Waals surface area contributed by atoms with Crippen LogP contribution in [0, 0.1) is 26.7 Å². The molecule has 2 N–H and O–H groups in total. The number of benzene rings is 2. The van der Waals surface area contributed by atoms with E-state index in [4.69, 9.17) is 4.74 Å². The Morgan fingerprint density at radius 2 is 1.69 bits per heavy atom. The van der Waals surface area contributed by atoms with E-state index in [0.29, 0.717) is 37.4 Å². The van der Waals surface area contributed by atoms with Crippen molar-refractivity contribution in [2.75, 3.05) is 37.7 Å². The lowest BCUT2D eigenvalue weighted by molar-refractivity contribution is -0.138. The molecule has 0 unspecified atom stereocenters. The normalized spacial score (nSPS) is 17.0. The molecule has 258 valence electrons. The maximum absolute atomic E-state index is 14.0. The molecule has 1 saturated carbocycles. The van der Waals surface area contributed by atoms with Gasteiger partial charge in [0, 0.05) is 80.9 Å². The number of nitrogens with zero attached hydrogens (tertiary/aromatic N) is 4. The van der Waals surface area contributed by atoms with Crippen molar-refractivity contribution in [3.63, 3.8) is 0 Å². The highest BCUT2D eigenvalue weighted by molar-refractivity contribution is 5.99. The van der Waals surface area contributed by atoms with E-state index in [0.717, 1.165) is 76.9 Å². The maximum atomic E-state index is 14.0. The predicted molar refractivity (Wildman–Crippen MR) is 190 cm³/mol. The molecule has 0 bridgehead atoms. The fraction of sp³-hybridized carbons (Fsp3) is 0.474. The summed E-state index contributed by atoms with van der Waals surface area (Å²) >= 11 is 0. The number of pyridine rings is 1. The third kappa shape index (κ3) is 6.09. The molecule has 2 aromatic carbocycles. The van der Waals surface area contributed by atoms with Crippen molar-refractivity contribution in [3.05, 3.63) is 85.2 Å². The zero-order chi connectivity index (χ0) is 34.6. The molecule has 0 radical (unpaired) electrons. The number of anilines is 1. The standard InChI is InChI=1S/C38H46N6O5/c1-6-43(28-11-13-49-14-12-28)33-18-27(16-30(24(33)4)35(45)39-19-31-22(2)15-23(3)40-36(31)46)26-9-10-32-34(17-26)44(38(48)41(32)5)29-20-42(21-29)37(47)25-7-8-25/h9-10,15-18,25,28-29H,6-8,11-14,19-21H2,1-5H3,(H,39,45)(H,40,46). The first-order chi connectivity index (χ1) is 23.5. The summed E-state index contributed by atoms with van der Waals surface area (Å²) < 4.78 is 9.18. The molecule has 2 saturated heterocycles. The molecule has 2 aliphatic heterocycles. The number of fused-ring (bicyclic) bond motifs is 1. The molecular formula is C38H46N6O5. The minimum atomic E-state index is -0.254. The Bertz CT molecular complexity index is 2060. The van der Waals surface area contributed by atoms with Crippen molar-refractivity contribution >= 4 is 28.5 Å². The molecule has 3 aliphatic rings. The SMILES string of the molecule is CCN(c1cc(-c2ccc3c(c2)n(C2CN(C(=O)C4CC4)C2)c(=O)n3C)cc(C(=O)NCc2c(C)cc(C)[nH]c2=O)c1C)C1CCOCC1. The lowest BCUT2D eigenvalue weighted by atomic mass is 9.95. The van der Waals surface area contributed by atoms with Gasteiger partial charge in [0.05, 0.1) is 17.1 Å². The number of imidazole rings is 1. The van der Waals surface area contributed by atoms with E-state index < -0.39 is 0 Å². The highest BCUT2D eigenvalue weighted by Gasteiger charge is 2.40. The van der Waals surface area contributed by atoms with Gasteiger partial charge in [-0.25, -0.2) is 4.79 Å². The van der Waals surface area contributed by atoms with Gasteiger partial charge in [0.2, 0.25) is 5.91 Å². The number of aromatic nitrogens is 3. The van der Waals surface area contributed by atoms with Crippen LogP contribution in [0.25, 0.3) is 22.2 Å². The van der Waals surface area contributed by atoms with Crippen LogP contribution in [0.5, 0.6) is 0 Å². The summed E-state index contributed by atoms with van der Waals surface area (Å²) in [7, 11) is 1.78. The van der Waals surface area contributed by atoms with Gasteiger partial charge >= 0.3 is 5.69 Å². The molecule has 0 spiro atoms. The van der Waals surface area contributed by atoms with E-state index in [9.17, 15) is 19.2 Å². The van der Waals surface area contributed by atoms with Crippen molar-refractivity contribution in [1.82, 2.24) is 24.3 Å². The topological polar surface area (TPSA) is 122 Å². The number of amides is 2. The monoisotopic (exact) mass is 666 g/mol. The average molecular weight is 667 g/mol. The molecular weight excluding hydrogens is 620 g/mol. The van der Waals surface area contributed by atoms with Crippen LogP contribution in [0.1, 0.15) is 71.4 Å². The number of ether oxygens (including phenoxy) is 1. The number of carbonyl (C=O) groups excluding carboxylic acids is 2. The molecule has 3 fully saturated rings. The number of hydrogen-bond donors (Lipinski definition) is 2. The lowest BCUT2D eigenvalue weighted by Gasteiger charge is -2.40. The first-order valence-corrected chi connectivity index (χ1v) is 17.5. The van der Waals surface area contributed by atoms with Gasteiger partial charge in [-0.05, 0) is 106 Å². The van der Waals surface area contributed by atoms with E-state index in [1.807, 2.05) is 60.6 Å². The largest absolute Gasteiger partial charge is 0.381 e. The summed E-state index contributed by atoms with van der Waals surface area (Å²) in [6.07, 6.45) is 3.73. The Labute approximate surface area is 285 Å². The summed E-state index contributed by atoms with van der Waals surface area (Å²) in [5.41, 5.74) is 7.63. The zero-order valence-corrected chi connectivity index (χ0v) is 29.1. The number of aromatic amines is 1. The van der Waals surface area contributed by atoms with Gasteiger partial charge in [-0.15, -0.1) is 0 Å². The Hall–Kier alpha value is -4.64. The van der Waals surface area contributed by atoms with Crippen LogP contribution < -0.4 is 21.5 Å². The van der Waals surface area contributed by atoms with E-state index >= 15 is 0 Å². The van der Waals surface area contributed by atoms with Gasteiger partial charge in [-0.3, -0.25) is 23.5 Å². The van der Waals surface area contributed by atoms with Crippen molar-refractivity contribution in [1.29, 1.82) is 0 Å². The molecule has 4 aromatic rings. The molecule has 49 heavy (non-hydrogen) atoms. The number of carbonyl (C=O) groups is 2. The van der Waals surface area contributed by atoms with Gasteiger partial charge in [0.1, 0.15) is 0 Å². The molecule has 1 aliphatic carbocycles. The second-order valence-corrected chi connectivity index (χ2v) is 14.0. The van der Waals surface area contributed by atoms with E-state index in [2.05, 4.69) is 28.2 Å². The smallest absolute Gasteiger partial charge is 0.329 e. The van der Waals surface area contributed by atoms with E-state index in [1.165, 1.54) is 0 Å². The minimum absolute atomic E-state index is 0.0819. The van der Waals surface area contributed by atoms with Crippen LogP contribution >= 0.6 is 0 Å². The fourth-order valence-electron chi connectivity index (χ4n) is 7.67. The van der Waals surface area contributed by atoms with E-state index in [-0.39, 0.29) is 47.6 Å². The van der Waals surface area contributed by atoms with Crippen LogP contribution in [-0.2, 0) is 23.1 Å². The average Bonchev–Trinajstić information content (AvgIpc) is 3.89. The van der Waals surface area contributed by atoms with Crippen molar-refractivity contribution in [3.8, 4) is 11.1 Å². The van der Waals surface area contributed by atoms with Gasteiger partial charge in [-0.1, -0.05) is 6.07 Å². The number of nitrogens with one attached hydrogen (secondary N) is 2. The van der Waals surface area contributed by atoms with Gasteiger partial charge in [0.15, 0.2) is 0 Å². The quantitative estimate of drug-likeness (QED) is 0.274. The summed E-state index contributed by atoms with van der Waals surface area (Å²) in [4.78, 5) is 60.0. The highest BCUT2D eigenvalue weighted by Crippen LogP contribution is 2.37. The summed E-state index contributed by atoms with van der Waals surface area (Å²) in [6.45, 7) is 11.2. The van der Waals surface area contributed by atoms with Gasteiger partial charge < -0.3 is 24.8 Å². The Morgan fingerprint density at radius 3 is 2.37 bits per heavy atom. The molecule has 4 heterocycles. The maximum Gasteiger partial charge on any atom is 0.329 e. The zero-order valence-electron chi connectivity index (χ0n) is 29.1. The van der Waals surface area contributed by atoms with Crippen molar-refractivity contribution < 1.29 is 14.3 Å². The number of likely N-dealkylation sites (tertiary alicyclic amines) is 1. The number of hydrogen-bond acceptors (Lipinski definition) is 6. The molecule has 0 atom stereocenters. The first kappa shape index (κ1) is 32.9. The molecule has 11 nitrogen and oxygen atoms in total. The Balaban J connectivity index is 1.28. The van der Waals surface area contributed by atoms with Gasteiger partial charge in [0.25, 0.3) is 11.5 Å². The van der Waals surface area contributed by atoms with Crippen LogP contribution in [0.3, 0.4) is 0 Å². The Kier molecular flexibility index (Phi) is 8.73. The second kappa shape index (κ2) is 13.0. The predicted octanol–water partition coefficient (Wildman–Crippen LogP) is 4.35. The molecule has 7 rings (SSSR count). The Morgan fingerprint density at radius 1 is 0.959 bits per heavy atom. The highest BCUT2D eigenvalue weighted by atomic mass is 16.5. The second-order valence-electron chi connectivity index (χ2n) is 14.0. The first-order valence-electron chi connectivity index (χ1n) is 17.5. The summed E-state index contributed by atoms with van der Waals surface area (Å²) in [5, 5.41) is 3.03. The van der Waals surface area contributed by atoms with Crippen LogP contribution in [0.4, 0.5) is 5.69 Å². The van der Waals surface area contributed by atoms with Crippen molar-refractivity contribution in [2.24, 2.45) is 13.0 Å². The van der Waals surface area contributed by atoms with E-state index in [1.54, 1.807) is 11.6 Å². The number of aryl methyl sites for hydroxylation is 3. The number of H-pyrrole nitrogens is 1. The lowest BCUT2D eigenvalue weighted by Crippen LogP contribution is -2.53. The third-order valence-electron chi connectivity index (χ3n) is 10.7. The van der Waals surface area contributed by atoms with Crippen molar-refractivity contribution in [2.45, 2.75) is 72.0 Å². The van der Waals surface area contributed by atoms with Crippen LogP contribution in [-0.4, -0.2) is 69.7 Å². The minimum Gasteiger partial charge on any atom is -0.381 e. The van der Waals surface area contributed by atoms with Crippen LogP contribution in [0.2, 0.25) is 0 Å².